The van der Waals surface area contributed by atoms with E-state index < -0.39 is 0 Å². The predicted molar refractivity (Wildman–Crippen MR) is 91.4 cm³/mol. The minimum Gasteiger partial charge on any atom is -0.366 e. The Hall–Kier alpha value is -1.66. The molecule has 2 aromatic rings. The Balaban J connectivity index is 1.84. The van der Waals surface area contributed by atoms with Crippen LogP contribution in [0.25, 0.3) is 11.0 Å². The average Bonchev–Trinajstić information content (AvgIpc) is 2.94. The fraction of sp³-hybridized carbons (Fsp3) is 0.467. The van der Waals surface area contributed by atoms with Gasteiger partial charge in [0.1, 0.15) is 5.82 Å². The standard InChI is InChI=1S/C15H23N5S/c1-16-13(9-5-6-10-18-15(21)17-2)14-19-11-7-3-4-8-12(11)20-14/h3-4,7-8,13,16H,5-6,9-10H2,1-2H3,(H,19,20)(H2,17,18,21)/t13-/m0/s1. The molecule has 0 radical (unpaired) electrons. The SMILES string of the molecule is CNC(=S)NCCCC[C@H](NC)c1nc2ccccc2[nH]1. The lowest BCUT2D eigenvalue weighted by Gasteiger charge is -2.13. The largest absolute Gasteiger partial charge is 0.366 e. The maximum Gasteiger partial charge on any atom is 0.166 e. The molecule has 6 heteroatoms. The normalized spacial score (nSPS) is 12.3. The average molecular weight is 305 g/mol. The van der Waals surface area contributed by atoms with Crippen LogP contribution in [-0.4, -0.2) is 35.7 Å². The number of hydrogen-bond acceptors (Lipinski definition) is 3. The van der Waals surface area contributed by atoms with E-state index >= 15 is 0 Å². The Morgan fingerprint density at radius 2 is 2.10 bits per heavy atom. The van der Waals surface area contributed by atoms with Crippen molar-refractivity contribution in [2.75, 3.05) is 20.6 Å². The zero-order chi connectivity index (χ0) is 15.1. The highest BCUT2D eigenvalue weighted by atomic mass is 32.1. The number of fused-ring (bicyclic) bond motifs is 1. The van der Waals surface area contributed by atoms with Crippen LogP contribution >= 0.6 is 12.2 Å². The number of nitrogens with one attached hydrogen (secondary N) is 4. The van der Waals surface area contributed by atoms with E-state index in [1.807, 2.05) is 32.3 Å². The summed E-state index contributed by atoms with van der Waals surface area (Å²) in [6, 6.07) is 8.38. The zero-order valence-corrected chi connectivity index (χ0v) is 13.4. The molecule has 114 valence electrons. The van der Waals surface area contributed by atoms with Crippen molar-refractivity contribution in [3.05, 3.63) is 30.1 Å². The highest BCUT2D eigenvalue weighted by Gasteiger charge is 2.13. The lowest BCUT2D eigenvalue weighted by molar-refractivity contribution is 0.495. The highest BCUT2D eigenvalue weighted by molar-refractivity contribution is 7.80. The lowest BCUT2D eigenvalue weighted by Crippen LogP contribution is -2.33. The number of rotatable bonds is 7. The van der Waals surface area contributed by atoms with Gasteiger partial charge in [-0.3, -0.25) is 0 Å². The van der Waals surface area contributed by atoms with E-state index in [1.165, 1.54) is 0 Å². The van der Waals surface area contributed by atoms with Gasteiger partial charge >= 0.3 is 0 Å². The number of thiocarbonyl (C=S) groups is 1. The molecule has 21 heavy (non-hydrogen) atoms. The number of hydrogen-bond donors (Lipinski definition) is 4. The monoisotopic (exact) mass is 305 g/mol. The minimum absolute atomic E-state index is 0.258. The first-order chi connectivity index (χ1) is 10.2. The molecule has 2 rings (SSSR count). The van der Waals surface area contributed by atoms with Crippen LogP contribution in [0, 0.1) is 0 Å². The van der Waals surface area contributed by atoms with E-state index in [0.29, 0.717) is 5.11 Å². The van der Waals surface area contributed by atoms with E-state index in [9.17, 15) is 0 Å². The van der Waals surface area contributed by atoms with Crippen LogP contribution in [0.4, 0.5) is 0 Å². The number of H-pyrrole nitrogens is 1. The molecular weight excluding hydrogens is 282 g/mol. The van der Waals surface area contributed by atoms with Crippen molar-refractivity contribution in [1.29, 1.82) is 0 Å². The molecule has 0 spiro atoms. The van der Waals surface area contributed by atoms with Crippen LogP contribution in [0.1, 0.15) is 31.1 Å². The second-order valence-corrected chi connectivity index (χ2v) is 5.39. The third-order valence-electron chi connectivity index (χ3n) is 3.52. The molecule has 0 aliphatic rings. The van der Waals surface area contributed by atoms with Gasteiger partial charge in [0.25, 0.3) is 0 Å². The van der Waals surface area contributed by atoms with Gasteiger partial charge in [0.15, 0.2) is 5.11 Å². The Morgan fingerprint density at radius 1 is 1.29 bits per heavy atom. The zero-order valence-electron chi connectivity index (χ0n) is 12.6. The van der Waals surface area contributed by atoms with Gasteiger partial charge < -0.3 is 20.9 Å². The molecule has 0 saturated carbocycles. The third kappa shape index (κ3) is 4.41. The molecule has 1 heterocycles. The Bertz CT molecular complexity index is 547. The molecule has 1 atom stereocenters. The van der Waals surface area contributed by atoms with Crippen molar-refractivity contribution >= 4 is 28.4 Å². The summed E-state index contributed by atoms with van der Waals surface area (Å²) in [5, 5.41) is 10.1. The van der Waals surface area contributed by atoms with Crippen LogP contribution < -0.4 is 16.0 Å². The van der Waals surface area contributed by atoms with Crippen molar-refractivity contribution in [3.8, 4) is 0 Å². The maximum atomic E-state index is 5.04. The van der Waals surface area contributed by atoms with Crippen molar-refractivity contribution < 1.29 is 0 Å². The number of unbranched alkanes of at least 4 members (excludes halogenated alkanes) is 1. The topological polar surface area (TPSA) is 64.8 Å². The quantitative estimate of drug-likeness (QED) is 0.466. The number of benzene rings is 1. The van der Waals surface area contributed by atoms with Gasteiger partial charge in [-0.15, -0.1) is 0 Å². The fourth-order valence-corrected chi connectivity index (χ4v) is 2.42. The number of aromatic amines is 1. The second kappa shape index (κ2) is 7.95. The van der Waals surface area contributed by atoms with Crippen LogP contribution in [0.3, 0.4) is 0 Å². The van der Waals surface area contributed by atoms with Crippen LogP contribution in [0.15, 0.2) is 24.3 Å². The highest BCUT2D eigenvalue weighted by Crippen LogP contribution is 2.19. The minimum atomic E-state index is 0.258. The van der Waals surface area contributed by atoms with Gasteiger partial charge in [0.05, 0.1) is 17.1 Å². The molecule has 0 bridgehead atoms. The number of imidazole rings is 1. The summed E-state index contributed by atoms with van der Waals surface area (Å²) in [5.74, 6) is 1.01. The van der Waals surface area contributed by atoms with Crippen molar-refractivity contribution in [3.63, 3.8) is 0 Å². The summed E-state index contributed by atoms with van der Waals surface area (Å²) >= 11 is 5.04. The summed E-state index contributed by atoms with van der Waals surface area (Å²) in [6.45, 7) is 0.899. The fourth-order valence-electron chi connectivity index (χ4n) is 2.32. The first-order valence-electron chi connectivity index (χ1n) is 7.32. The third-order valence-corrected chi connectivity index (χ3v) is 3.87. The van der Waals surface area contributed by atoms with E-state index in [2.05, 4.69) is 32.0 Å². The molecule has 1 aromatic heterocycles. The van der Waals surface area contributed by atoms with Crippen molar-refractivity contribution in [2.45, 2.75) is 25.3 Å². The van der Waals surface area contributed by atoms with Gasteiger partial charge in [0.2, 0.25) is 0 Å². The molecule has 0 unspecified atom stereocenters. The summed E-state index contributed by atoms with van der Waals surface area (Å²) < 4.78 is 0. The van der Waals surface area contributed by atoms with Gasteiger partial charge in [-0.1, -0.05) is 12.1 Å². The molecule has 0 amide bonds. The summed E-state index contributed by atoms with van der Waals surface area (Å²) in [4.78, 5) is 8.05. The number of nitrogens with zero attached hydrogens (tertiary/aromatic N) is 1. The Morgan fingerprint density at radius 3 is 2.81 bits per heavy atom. The van der Waals surface area contributed by atoms with Crippen LogP contribution in [-0.2, 0) is 0 Å². The molecule has 5 nitrogen and oxygen atoms in total. The summed E-state index contributed by atoms with van der Waals surface area (Å²) in [6.07, 6.45) is 3.24. The van der Waals surface area contributed by atoms with E-state index in [-0.39, 0.29) is 6.04 Å². The number of aromatic nitrogens is 2. The van der Waals surface area contributed by atoms with Crippen LogP contribution in [0.2, 0.25) is 0 Å². The predicted octanol–water partition coefficient (Wildman–Crippen LogP) is 2.09. The van der Waals surface area contributed by atoms with Crippen molar-refractivity contribution in [2.24, 2.45) is 0 Å². The molecule has 0 aliphatic carbocycles. The maximum absolute atomic E-state index is 5.04. The molecule has 4 N–H and O–H groups in total. The van der Waals surface area contributed by atoms with Gasteiger partial charge in [-0.2, -0.15) is 0 Å². The van der Waals surface area contributed by atoms with E-state index in [0.717, 1.165) is 42.7 Å². The molecule has 0 aliphatic heterocycles. The molecule has 0 saturated heterocycles. The lowest BCUT2D eigenvalue weighted by atomic mass is 10.1. The van der Waals surface area contributed by atoms with Crippen molar-refractivity contribution in [1.82, 2.24) is 25.9 Å². The smallest absolute Gasteiger partial charge is 0.166 e. The van der Waals surface area contributed by atoms with Crippen LogP contribution in [0.5, 0.6) is 0 Å². The first-order valence-corrected chi connectivity index (χ1v) is 7.73. The van der Waals surface area contributed by atoms with E-state index in [4.69, 9.17) is 12.2 Å². The van der Waals surface area contributed by atoms with Gasteiger partial charge in [-0.25, -0.2) is 4.98 Å². The van der Waals surface area contributed by atoms with Gasteiger partial charge in [0, 0.05) is 13.6 Å². The summed E-state index contributed by atoms with van der Waals surface area (Å²) in [5.41, 5.74) is 2.11. The molecule has 0 fully saturated rings. The summed E-state index contributed by atoms with van der Waals surface area (Å²) in [7, 11) is 3.81. The first kappa shape index (κ1) is 15.7. The molecule has 1 aromatic carbocycles. The van der Waals surface area contributed by atoms with Gasteiger partial charge in [-0.05, 0) is 50.7 Å². The molecular formula is C15H23N5S. The van der Waals surface area contributed by atoms with E-state index in [1.54, 1.807) is 0 Å². The number of para-hydroxylation sites is 2. The second-order valence-electron chi connectivity index (χ2n) is 4.98. The Kier molecular flexibility index (Phi) is 5.95. The Labute approximate surface area is 130 Å².